The summed E-state index contributed by atoms with van der Waals surface area (Å²) in [4.78, 5) is 4.11. The minimum atomic E-state index is 0.360. The molecule has 0 saturated heterocycles. The molecule has 0 spiro atoms. The van der Waals surface area contributed by atoms with Gasteiger partial charge in [0.25, 0.3) is 0 Å². The smallest absolute Gasteiger partial charge is 0.146 e. The van der Waals surface area contributed by atoms with Crippen molar-refractivity contribution in [3.05, 3.63) is 53.2 Å². The SMILES string of the molecule is N#Cc1ccnc(NCCCOc2ccccc2)c1Cl. The third kappa shape index (κ3) is 3.87. The Morgan fingerprint density at radius 1 is 1.25 bits per heavy atom. The predicted molar refractivity (Wildman–Crippen MR) is 79.0 cm³/mol. The van der Waals surface area contributed by atoms with Gasteiger partial charge in [-0.1, -0.05) is 29.8 Å². The van der Waals surface area contributed by atoms with Crippen LogP contribution in [0.2, 0.25) is 5.02 Å². The Bertz CT molecular complexity index is 596. The van der Waals surface area contributed by atoms with Crippen molar-refractivity contribution in [1.29, 1.82) is 5.26 Å². The van der Waals surface area contributed by atoms with E-state index in [4.69, 9.17) is 21.6 Å². The summed E-state index contributed by atoms with van der Waals surface area (Å²) >= 11 is 6.04. The van der Waals surface area contributed by atoms with E-state index in [2.05, 4.69) is 10.3 Å². The van der Waals surface area contributed by atoms with E-state index in [-0.39, 0.29) is 0 Å². The summed E-state index contributed by atoms with van der Waals surface area (Å²) in [5.41, 5.74) is 0.421. The average Bonchev–Trinajstić information content (AvgIpc) is 2.49. The molecule has 0 unspecified atom stereocenters. The van der Waals surface area contributed by atoms with Gasteiger partial charge < -0.3 is 10.1 Å². The second-order valence-corrected chi connectivity index (χ2v) is 4.45. The number of aromatic nitrogens is 1. The highest BCUT2D eigenvalue weighted by Crippen LogP contribution is 2.22. The van der Waals surface area contributed by atoms with E-state index < -0.39 is 0 Å². The summed E-state index contributed by atoms with van der Waals surface area (Å²) in [7, 11) is 0. The van der Waals surface area contributed by atoms with Gasteiger partial charge in [0.05, 0.1) is 12.2 Å². The van der Waals surface area contributed by atoms with Gasteiger partial charge in [-0.3, -0.25) is 0 Å². The highest BCUT2D eigenvalue weighted by atomic mass is 35.5. The quantitative estimate of drug-likeness (QED) is 0.826. The fourth-order valence-electron chi connectivity index (χ4n) is 1.64. The van der Waals surface area contributed by atoms with E-state index in [1.165, 1.54) is 0 Å². The fourth-order valence-corrected chi connectivity index (χ4v) is 1.86. The van der Waals surface area contributed by atoms with Crippen LogP contribution in [0.5, 0.6) is 5.75 Å². The first-order valence-corrected chi connectivity index (χ1v) is 6.65. The minimum absolute atomic E-state index is 0.360. The number of nitriles is 1. The lowest BCUT2D eigenvalue weighted by atomic mass is 10.3. The lowest BCUT2D eigenvalue weighted by Crippen LogP contribution is -2.08. The molecular weight excluding hydrogens is 274 g/mol. The zero-order valence-electron chi connectivity index (χ0n) is 10.8. The van der Waals surface area contributed by atoms with Crippen LogP contribution >= 0.6 is 11.6 Å². The minimum Gasteiger partial charge on any atom is -0.494 e. The zero-order chi connectivity index (χ0) is 14.2. The number of ether oxygens (including phenoxy) is 1. The summed E-state index contributed by atoms with van der Waals surface area (Å²) in [6, 6.07) is 13.3. The molecule has 1 N–H and O–H groups in total. The number of halogens is 1. The molecule has 0 aliphatic carbocycles. The van der Waals surface area contributed by atoms with Gasteiger partial charge in [0.1, 0.15) is 22.7 Å². The molecule has 102 valence electrons. The summed E-state index contributed by atoms with van der Waals surface area (Å²) in [6.45, 7) is 1.28. The van der Waals surface area contributed by atoms with Crippen LogP contribution in [0.15, 0.2) is 42.6 Å². The number of pyridine rings is 1. The topological polar surface area (TPSA) is 57.9 Å². The van der Waals surface area contributed by atoms with Crippen molar-refractivity contribution in [3.8, 4) is 11.8 Å². The molecule has 0 amide bonds. The Morgan fingerprint density at radius 3 is 2.80 bits per heavy atom. The lowest BCUT2D eigenvalue weighted by molar-refractivity contribution is 0.315. The second-order valence-electron chi connectivity index (χ2n) is 4.07. The van der Waals surface area contributed by atoms with Gasteiger partial charge in [0.15, 0.2) is 0 Å². The molecule has 1 aromatic carbocycles. The van der Waals surface area contributed by atoms with E-state index in [9.17, 15) is 0 Å². The molecule has 2 aromatic rings. The van der Waals surface area contributed by atoms with E-state index in [1.807, 2.05) is 36.4 Å². The third-order valence-electron chi connectivity index (χ3n) is 2.64. The maximum absolute atomic E-state index is 8.87. The Labute approximate surface area is 123 Å². The van der Waals surface area contributed by atoms with Crippen molar-refractivity contribution in [1.82, 2.24) is 4.98 Å². The molecule has 4 nitrogen and oxygen atoms in total. The highest BCUT2D eigenvalue weighted by molar-refractivity contribution is 6.34. The Morgan fingerprint density at radius 2 is 2.05 bits per heavy atom. The molecule has 20 heavy (non-hydrogen) atoms. The van der Waals surface area contributed by atoms with Gasteiger partial charge >= 0.3 is 0 Å². The van der Waals surface area contributed by atoms with Crippen LogP contribution in [-0.2, 0) is 0 Å². The van der Waals surface area contributed by atoms with Gasteiger partial charge in [-0.05, 0) is 24.6 Å². The van der Waals surface area contributed by atoms with Crippen LogP contribution in [0.1, 0.15) is 12.0 Å². The third-order valence-corrected chi connectivity index (χ3v) is 3.02. The Hall–Kier alpha value is -2.25. The molecule has 0 aliphatic heterocycles. The molecule has 0 fully saturated rings. The van der Waals surface area contributed by atoms with Gasteiger partial charge in [0, 0.05) is 12.7 Å². The first-order valence-electron chi connectivity index (χ1n) is 6.27. The van der Waals surface area contributed by atoms with E-state index in [0.29, 0.717) is 29.6 Å². The molecule has 1 heterocycles. The predicted octanol–water partition coefficient (Wildman–Crippen LogP) is 3.49. The summed E-state index contributed by atoms with van der Waals surface area (Å²) < 4.78 is 5.57. The largest absolute Gasteiger partial charge is 0.494 e. The summed E-state index contributed by atoms with van der Waals surface area (Å²) in [5, 5.41) is 12.3. The van der Waals surface area contributed by atoms with Crippen LogP contribution in [0, 0.1) is 11.3 Å². The number of anilines is 1. The van der Waals surface area contributed by atoms with Crippen molar-refractivity contribution in [2.24, 2.45) is 0 Å². The van der Waals surface area contributed by atoms with Crippen LogP contribution in [0.4, 0.5) is 5.82 Å². The first-order chi connectivity index (χ1) is 9.81. The van der Waals surface area contributed by atoms with Crippen LogP contribution in [0.3, 0.4) is 0 Å². The fraction of sp³-hybridized carbons (Fsp3) is 0.200. The monoisotopic (exact) mass is 287 g/mol. The number of para-hydroxylation sites is 1. The van der Waals surface area contributed by atoms with Gasteiger partial charge in [0.2, 0.25) is 0 Å². The number of nitrogens with zero attached hydrogens (tertiary/aromatic N) is 2. The first kappa shape index (κ1) is 14.2. The maximum Gasteiger partial charge on any atom is 0.146 e. The molecule has 0 radical (unpaired) electrons. The van der Waals surface area contributed by atoms with Crippen molar-refractivity contribution < 1.29 is 4.74 Å². The number of benzene rings is 1. The number of hydrogen-bond donors (Lipinski definition) is 1. The van der Waals surface area contributed by atoms with Crippen molar-refractivity contribution in [2.45, 2.75) is 6.42 Å². The van der Waals surface area contributed by atoms with Gasteiger partial charge in [-0.15, -0.1) is 0 Å². The Kier molecular flexibility index (Phi) is 5.22. The molecule has 2 rings (SSSR count). The molecule has 5 heteroatoms. The number of rotatable bonds is 6. The average molecular weight is 288 g/mol. The Balaban J connectivity index is 1.75. The van der Waals surface area contributed by atoms with Gasteiger partial charge in [-0.25, -0.2) is 4.98 Å². The number of hydrogen-bond acceptors (Lipinski definition) is 4. The zero-order valence-corrected chi connectivity index (χ0v) is 11.6. The van der Waals surface area contributed by atoms with Gasteiger partial charge in [-0.2, -0.15) is 5.26 Å². The molecular formula is C15H14ClN3O. The van der Waals surface area contributed by atoms with Crippen LogP contribution in [-0.4, -0.2) is 18.1 Å². The molecule has 0 saturated carbocycles. The summed E-state index contributed by atoms with van der Waals surface area (Å²) in [6.07, 6.45) is 2.37. The molecule has 0 bridgehead atoms. The highest BCUT2D eigenvalue weighted by Gasteiger charge is 2.06. The van der Waals surface area contributed by atoms with E-state index in [0.717, 1.165) is 12.2 Å². The summed E-state index contributed by atoms with van der Waals surface area (Å²) in [5.74, 6) is 1.39. The van der Waals surface area contributed by atoms with Crippen molar-refractivity contribution >= 4 is 17.4 Å². The maximum atomic E-state index is 8.87. The van der Waals surface area contributed by atoms with E-state index >= 15 is 0 Å². The van der Waals surface area contributed by atoms with E-state index in [1.54, 1.807) is 12.3 Å². The van der Waals surface area contributed by atoms with Crippen molar-refractivity contribution in [3.63, 3.8) is 0 Å². The molecule has 1 aromatic heterocycles. The van der Waals surface area contributed by atoms with Crippen LogP contribution < -0.4 is 10.1 Å². The molecule has 0 aliphatic rings. The lowest BCUT2D eigenvalue weighted by Gasteiger charge is -2.09. The molecule has 0 atom stereocenters. The van der Waals surface area contributed by atoms with Crippen LogP contribution in [0.25, 0.3) is 0 Å². The van der Waals surface area contributed by atoms with Crippen molar-refractivity contribution in [2.75, 3.05) is 18.5 Å². The standard InChI is InChI=1S/C15H14ClN3O/c16-14-12(11-17)7-9-19-15(14)18-8-4-10-20-13-5-2-1-3-6-13/h1-3,5-7,9H,4,8,10H2,(H,18,19). The second kappa shape index (κ2) is 7.37. The normalized spacial score (nSPS) is 9.80. The number of nitrogens with one attached hydrogen (secondary N) is 1.